The Morgan fingerprint density at radius 2 is 1.83 bits per heavy atom. The number of nitrogens with zero attached hydrogens (tertiary/aromatic N) is 5. The third-order valence-electron chi connectivity index (χ3n) is 7.31. The van der Waals surface area contributed by atoms with Crippen LogP contribution in [0.4, 0.5) is 0 Å². The maximum Gasteiger partial charge on any atom is 0.259 e. The van der Waals surface area contributed by atoms with Crippen molar-refractivity contribution in [3.63, 3.8) is 0 Å². The number of rotatable bonds is 7. The van der Waals surface area contributed by atoms with E-state index in [-0.39, 0.29) is 17.5 Å². The number of aromatic nitrogens is 4. The molecule has 1 aliphatic carbocycles. The highest BCUT2D eigenvalue weighted by molar-refractivity contribution is 5.70. The van der Waals surface area contributed by atoms with Crippen LogP contribution in [0.15, 0.2) is 59.7 Å². The highest BCUT2D eigenvalue weighted by Gasteiger charge is 2.27. The summed E-state index contributed by atoms with van der Waals surface area (Å²) >= 11 is 0. The topological polar surface area (TPSA) is 93.0 Å². The van der Waals surface area contributed by atoms with Crippen LogP contribution < -0.4 is 5.56 Å². The number of fused-ring (bicyclic) bond motifs is 1. The molecule has 7 nitrogen and oxygen atoms in total. The van der Waals surface area contributed by atoms with Crippen molar-refractivity contribution in [2.75, 3.05) is 0 Å². The molecule has 1 saturated carbocycles. The standard InChI is InChI=1S/C29H29N5O2/c1-2-5-27-26(16-20-8-12-22(13-9-20)25-7-4-3-6-23(25)17-30)28(36)33(29-31-19-32-34(27)29)24-14-10-21(18-35)11-15-24/h3-4,6-9,12-13,18-19,21,24H,2,5,10-11,14-16H2,1H3/t21-,24-. The third-order valence-corrected chi connectivity index (χ3v) is 7.31. The lowest BCUT2D eigenvalue weighted by Crippen LogP contribution is -2.34. The molecule has 182 valence electrons. The fourth-order valence-electron chi connectivity index (χ4n) is 5.41. The van der Waals surface area contributed by atoms with Gasteiger partial charge >= 0.3 is 0 Å². The van der Waals surface area contributed by atoms with E-state index in [9.17, 15) is 14.9 Å². The molecule has 7 heteroatoms. The minimum atomic E-state index is -0.00703. The fourth-order valence-corrected chi connectivity index (χ4v) is 5.41. The molecule has 0 radical (unpaired) electrons. The normalized spacial score (nSPS) is 17.7. The van der Waals surface area contributed by atoms with Gasteiger partial charge in [0.05, 0.1) is 17.3 Å². The predicted octanol–water partition coefficient (Wildman–Crippen LogP) is 4.90. The Labute approximate surface area is 210 Å². The first-order valence-corrected chi connectivity index (χ1v) is 12.6. The summed E-state index contributed by atoms with van der Waals surface area (Å²) in [6.07, 6.45) is 7.82. The van der Waals surface area contributed by atoms with Gasteiger partial charge in [0, 0.05) is 23.9 Å². The molecule has 2 aromatic heterocycles. The minimum absolute atomic E-state index is 0.00703. The van der Waals surface area contributed by atoms with Crippen LogP contribution in [0.25, 0.3) is 16.9 Å². The van der Waals surface area contributed by atoms with Gasteiger partial charge in [0.15, 0.2) is 0 Å². The van der Waals surface area contributed by atoms with Crippen LogP contribution in [-0.4, -0.2) is 25.5 Å². The summed E-state index contributed by atoms with van der Waals surface area (Å²) in [6.45, 7) is 2.10. The second-order valence-corrected chi connectivity index (χ2v) is 9.56. The first-order chi connectivity index (χ1) is 17.6. The summed E-state index contributed by atoms with van der Waals surface area (Å²) in [5.41, 5.74) is 5.19. The van der Waals surface area contributed by atoms with Crippen LogP contribution in [0.2, 0.25) is 0 Å². The second-order valence-electron chi connectivity index (χ2n) is 9.56. The van der Waals surface area contributed by atoms with Gasteiger partial charge in [-0.25, -0.2) is 4.52 Å². The van der Waals surface area contributed by atoms with Crippen LogP contribution >= 0.6 is 0 Å². The quantitative estimate of drug-likeness (QED) is 0.351. The molecule has 2 aromatic carbocycles. The van der Waals surface area contributed by atoms with E-state index < -0.39 is 0 Å². The van der Waals surface area contributed by atoms with Gasteiger partial charge in [-0.3, -0.25) is 9.36 Å². The largest absolute Gasteiger partial charge is 0.303 e. The number of carbonyl (C=O) groups excluding carboxylic acids is 1. The summed E-state index contributed by atoms with van der Waals surface area (Å²) < 4.78 is 3.66. The molecular formula is C29H29N5O2. The number of carbonyl (C=O) groups is 1. The summed E-state index contributed by atoms with van der Waals surface area (Å²) in [5.74, 6) is 0.666. The second kappa shape index (κ2) is 10.3. The number of hydrogen-bond acceptors (Lipinski definition) is 5. The highest BCUT2D eigenvalue weighted by atomic mass is 16.1. The van der Waals surface area contributed by atoms with Crippen molar-refractivity contribution in [1.82, 2.24) is 19.2 Å². The number of benzene rings is 2. The maximum atomic E-state index is 14.0. The first kappa shape index (κ1) is 23.7. The number of nitriles is 1. The minimum Gasteiger partial charge on any atom is -0.303 e. The lowest BCUT2D eigenvalue weighted by atomic mass is 9.86. The van der Waals surface area contributed by atoms with Gasteiger partial charge in [-0.1, -0.05) is 55.8 Å². The van der Waals surface area contributed by atoms with E-state index >= 15 is 0 Å². The van der Waals surface area contributed by atoms with Crippen molar-refractivity contribution in [3.05, 3.63) is 87.6 Å². The van der Waals surface area contributed by atoms with Crippen LogP contribution in [0.1, 0.15) is 67.5 Å². The molecule has 0 atom stereocenters. The Kier molecular flexibility index (Phi) is 6.77. The molecule has 4 aromatic rings. The highest BCUT2D eigenvalue weighted by Crippen LogP contribution is 2.32. The maximum absolute atomic E-state index is 14.0. The monoisotopic (exact) mass is 479 g/mol. The molecule has 1 fully saturated rings. The third kappa shape index (κ3) is 4.35. The zero-order valence-electron chi connectivity index (χ0n) is 20.4. The average Bonchev–Trinajstić information content (AvgIpc) is 3.41. The molecular weight excluding hydrogens is 450 g/mol. The van der Waals surface area contributed by atoms with E-state index in [1.54, 1.807) is 0 Å². The predicted molar refractivity (Wildman–Crippen MR) is 138 cm³/mol. The van der Waals surface area contributed by atoms with Crippen LogP contribution in [-0.2, 0) is 17.6 Å². The van der Waals surface area contributed by atoms with Crippen molar-refractivity contribution in [1.29, 1.82) is 5.26 Å². The molecule has 36 heavy (non-hydrogen) atoms. The van der Waals surface area contributed by atoms with E-state index in [0.29, 0.717) is 17.8 Å². The summed E-state index contributed by atoms with van der Waals surface area (Å²) in [7, 11) is 0. The Bertz CT molecular complexity index is 1490. The van der Waals surface area contributed by atoms with Gasteiger partial charge in [0.1, 0.15) is 12.6 Å². The van der Waals surface area contributed by atoms with Crippen LogP contribution in [0.5, 0.6) is 0 Å². The molecule has 0 saturated heterocycles. The van der Waals surface area contributed by atoms with Gasteiger partial charge in [-0.15, -0.1) is 0 Å². The van der Waals surface area contributed by atoms with Crippen LogP contribution in [0.3, 0.4) is 0 Å². The van der Waals surface area contributed by atoms with Crippen molar-refractivity contribution in [2.45, 2.75) is 57.9 Å². The van der Waals surface area contributed by atoms with E-state index in [4.69, 9.17) is 0 Å². The van der Waals surface area contributed by atoms with Gasteiger partial charge in [-0.2, -0.15) is 15.3 Å². The fraction of sp³-hybridized carbons (Fsp3) is 0.345. The van der Waals surface area contributed by atoms with E-state index in [1.165, 1.54) is 6.33 Å². The van der Waals surface area contributed by atoms with Crippen molar-refractivity contribution < 1.29 is 4.79 Å². The molecule has 2 heterocycles. The molecule has 0 unspecified atom stereocenters. The average molecular weight is 480 g/mol. The Hall–Kier alpha value is -4.05. The molecule has 5 rings (SSSR count). The van der Waals surface area contributed by atoms with Crippen molar-refractivity contribution in [2.24, 2.45) is 5.92 Å². The molecule has 0 amide bonds. The molecule has 0 spiro atoms. The van der Waals surface area contributed by atoms with Gasteiger partial charge in [-0.05, 0) is 54.9 Å². The summed E-state index contributed by atoms with van der Waals surface area (Å²) in [6, 6.07) is 17.9. The Morgan fingerprint density at radius 3 is 2.53 bits per heavy atom. The zero-order valence-corrected chi connectivity index (χ0v) is 20.4. The van der Waals surface area contributed by atoms with E-state index in [0.717, 1.165) is 72.8 Å². The van der Waals surface area contributed by atoms with Gasteiger partial charge in [0.2, 0.25) is 5.78 Å². The Morgan fingerprint density at radius 1 is 1.08 bits per heavy atom. The lowest BCUT2D eigenvalue weighted by Gasteiger charge is -2.28. The molecule has 0 N–H and O–H groups in total. The smallest absolute Gasteiger partial charge is 0.259 e. The van der Waals surface area contributed by atoms with E-state index in [1.807, 2.05) is 57.6 Å². The zero-order chi connectivity index (χ0) is 25.1. The summed E-state index contributed by atoms with van der Waals surface area (Å²) in [4.78, 5) is 29.7. The number of aryl methyl sites for hydroxylation is 1. The number of hydrogen-bond donors (Lipinski definition) is 0. The van der Waals surface area contributed by atoms with Crippen molar-refractivity contribution in [3.8, 4) is 17.2 Å². The number of aldehydes is 1. The lowest BCUT2D eigenvalue weighted by molar-refractivity contribution is -0.112. The van der Waals surface area contributed by atoms with E-state index in [2.05, 4.69) is 23.1 Å². The van der Waals surface area contributed by atoms with Crippen molar-refractivity contribution >= 4 is 12.1 Å². The first-order valence-electron chi connectivity index (χ1n) is 12.6. The van der Waals surface area contributed by atoms with Gasteiger partial charge < -0.3 is 4.79 Å². The molecule has 0 bridgehead atoms. The molecule has 1 aliphatic rings. The van der Waals surface area contributed by atoms with Gasteiger partial charge in [0.25, 0.3) is 5.56 Å². The Balaban J connectivity index is 1.55. The molecule has 0 aliphatic heterocycles. The SMILES string of the molecule is CCCc1c(Cc2ccc(-c3ccccc3C#N)cc2)c(=O)n([C@H]2CC[C@H](C=O)CC2)c2ncnn12. The van der Waals surface area contributed by atoms with Crippen LogP contribution in [0, 0.1) is 17.2 Å². The summed E-state index contributed by atoms with van der Waals surface area (Å²) in [5, 5.41) is 14.0.